The summed E-state index contributed by atoms with van der Waals surface area (Å²) in [6.45, 7) is 4.24. The second kappa shape index (κ2) is 5.79. The molecule has 2 aromatic rings. The van der Waals surface area contributed by atoms with Crippen LogP contribution in [-0.4, -0.2) is 12.2 Å². The highest BCUT2D eigenvalue weighted by Crippen LogP contribution is 2.33. The minimum atomic E-state index is 0.183. The van der Waals surface area contributed by atoms with Gasteiger partial charge in [-0.15, -0.1) is 0 Å². The van der Waals surface area contributed by atoms with E-state index in [9.17, 15) is 5.11 Å². The van der Waals surface area contributed by atoms with Gasteiger partial charge in [0.1, 0.15) is 5.75 Å². The number of aryl methyl sites for hydroxylation is 1. The summed E-state index contributed by atoms with van der Waals surface area (Å²) in [5.74, 6) is 0.369. The molecule has 1 atom stereocenters. The van der Waals surface area contributed by atoms with Crippen molar-refractivity contribution >= 4 is 5.69 Å². The summed E-state index contributed by atoms with van der Waals surface area (Å²) < 4.78 is 0. The van der Waals surface area contributed by atoms with Crippen molar-refractivity contribution in [3.8, 4) is 5.75 Å². The number of aromatic hydroxyl groups is 1. The average molecular weight is 255 g/mol. The van der Waals surface area contributed by atoms with Gasteiger partial charge < -0.3 is 10.0 Å². The van der Waals surface area contributed by atoms with Gasteiger partial charge in [0.05, 0.1) is 6.04 Å². The van der Waals surface area contributed by atoms with Gasteiger partial charge in [0.25, 0.3) is 0 Å². The van der Waals surface area contributed by atoms with E-state index in [4.69, 9.17) is 0 Å². The number of nitrogens with zero attached hydrogens (tertiary/aromatic N) is 1. The van der Waals surface area contributed by atoms with Crippen molar-refractivity contribution in [3.63, 3.8) is 0 Å². The lowest BCUT2D eigenvalue weighted by atomic mass is 10.0. The first-order valence-electron chi connectivity index (χ1n) is 6.71. The molecule has 2 rings (SSSR count). The molecular formula is C17H21NO. The monoisotopic (exact) mass is 255 g/mol. The second-order valence-electron chi connectivity index (χ2n) is 4.93. The Morgan fingerprint density at radius 1 is 1.11 bits per heavy atom. The van der Waals surface area contributed by atoms with Crippen molar-refractivity contribution in [2.45, 2.75) is 26.3 Å². The summed E-state index contributed by atoms with van der Waals surface area (Å²) >= 11 is 0. The van der Waals surface area contributed by atoms with E-state index in [1.807, 2.05) is 18.2 Å². The zero-order valence-electron chi connectivity index (χ0n) is 11.8. The molecule has 0 saturated carbocycles. The molecule has 1 unspecified atom stereocenters. The van der Waals surface area contributed by atoms with Crippen molar-refractivity contribution in [2.24, 2.45) is 0 Å². The number of para-hydroxylation sites is 1. The van der Waals surface area contributed by atoms with Gasteiger partial charge >= 0.3 is 0 Å². The van der Waals surface area contributed by atoms with Crippen LogP contribution in [0.15, 0.2) is 48.5 Å². The maximum atomic E-state index is 10.0. The zero-order valence-corrected chi connectivity index (χ0v) is 11.8. The van der Waals surface area contributed by atoms with Gasteiger partial charge in [0.15, 0.2) is 0 Å². The molecule has 1 N–H and O–H groups in total. The van der Waals surface area contributed by atoms with Gasteiger partial charge in [0.2, 0.25) is 0 Å². The third kappa shape index (κ3) is 2.90. The van der Waals surface area contributed by atoms with Crippen molar-refractivity contribution in [1.29, 1.82) is 0 Å². The Hall–Kier alpha value is -1.96. The normalized spacial score (nSPS) is 12.2. The molecule has 0 amide bonds. The first-order chi connectivity index (χ1) is 9.13. The van der Waals surface area contributed by atoms with Crippen molar-refractivity contribution in [2.75, 3.05) is 11.9 Å². The van der Waals surface area contributed by atoms with Crippen LogP contribution in [0.2, 0.25) is 0 Å². The molecule has 0 aliphatic carbocycles. The quantitative estimate of drug-likeness (QED) is 0.881. The topological polar surface area (TPSA) is 23.5 Å². The number of rotatable bonds is 4. The fourth-order valence-corrected chi connectivity index (χ4v) is 2.50. The molecule has 2 nitrogen and oxygen atoms in total. The highest BCUT2D eigenvalue weighted by molar-refractivity contribution is 5.51. The molecule has 100 valence electrons. The van der Waals surface area contributed by atoms with Crippen LogP contribution in [0.3, 0.4) is 0 Å². The van der Waals surface area contributed by atoms with E-state index in [1.165, 1.54) is 11.3 Å². The van der Waals surface area contributed by atoms with Gasteiger partial charge in [-0.3, -0.25) is 0 Å². The van der Waals surface area contributed by atoms with Gasteiger partial charge in [-0.2, -0.15) is 0 Å². The maximum Gasteiger partial charge on any atom is 0.120 e. The summed E-state index contributed by atoms with van der Waals surface area (Å²) in [6.07, 6.45) is 0.946. The Labute approximate surface area is 115 Å². The molecular weight excluding hydrogens is 234 g/mol. The number of phenolic OH excluding ortho intramolecular Hbond substituents is 1. The predicted molar refractivity (Wildman–Crippen MR) is 80.7 cm³/mol. The summed E-state index contributed by atoms with van der Waals surface area (Å²) in [5, 5.41) is 10.0. The number of anilines is 1. The largest absolute Gasteiger partial charge is 0.508 e. The highest BCUT2D eigenvalue weighted by Gasteiger charge is 2.18. The molecule has 0 aliphatic heterocycles. The number of hydrogen-bond donors (Lipinski definition) is 1. The third-order valence-corrected chi connectivity index (χ3v) is 3.56. The first kappa shape index (κ1) is 13.5. The van der Waals surface area contributed by atoms with Crippen LogP contribution in [-0.2, 0) is 0 Å². The van der Waals surface area contributed by atoms with Crippen LogP contribution in [0.4, 0.5) is 5.69 Å². The maximum absolute atomic E-state index is 10.0. The van der Waals surface area contributed by atoms with Gasteiger partial charge in [-0.25, -0.2) is 0 Å². The molecule has 19 heavy (non-hydrogen) atoms. The first-order valence-corrected chi connectivity index (χ1v) is 6.71. The van der Waals surface area contributed by atoms with Crippen LogP contribution >= 0.6 is 0 Å². The summed E-state index contributed by atoms with van der Waals surface area (Å²) in [4.78, 5) is 2.22. The predicted octanol–water partition coefficient (Wildman–Crippen LogP) is 4.29. The van der Waals surface area contributed by atoms with E-state index >= 15 is 0 Å². The minimum Gasteiger partial charge on any atom is -0.508 e. The summed E-state index contributed by atoms with van der Waals surface area (Å²) in [5.41, 5.74) is 3.40. The van der Waals surface area contributed by atoms with Crippen LogP contribution in [0, 0.1) is 6.92 Å². The molecule has 2 heteroatoms. The molecule has 0 radical (unpaired) electrons. The summed E-state index contributed by atoms with van der Waals surface area (Å²) in [7, 11) is 2.08. The van der Waals surface area contributed by atoms with E-state index < -0.39 is 0 Å². The molecule has 0 aromatic heterocycles. The zero-order chi connectivity index (χ0) is 13.8. The van der Waals surface area contributed by atoms with E-state index in [0.29, 0.717) is 5.75 Å². The molecule has 0 heterocycles. The van der Waals surface area contributed by atoms with Crippen LogP contribution in [0.5, 0.6) is 5.75 Å². The fourth-order valence-electron chi connectivity index (χ4n) is 2.50. The number of hydrogen-bond acceptors (Lipinski definition) is 2. The Morgan fingerprint density at radius 3 is 2.47 bits per heavy atom. The second-order valence-corrected chi connectivity index (χ2v) is 4.93. The smallest absolute Gasteiger partial charge is 0.120 e. The van der Waals surface area contributed by atoms with Crippen molar-refractivity contribution in [3.05, 3.63) is 59.7 Å². The fraction of sp³-hybridized carbons (Fsp3) is 0.294. The Bertz CT molecular complexity index is 550. The number of benzene rings is 2. The minimum absolute atomic E-state index is 0.183. The molecule has 0 saturated heterocycles. The van der Waals surface area contributed by atoms with Gasteiger partial charge in [0, 0.05) is 18.3 Å². The van der Waals surface area contributed by atoms with Crippen LogP contribution in [0.25, 0.3) is 0 Å². The van der Waals surface area contributed by atoms with Gasteiger partial charge in [-0.05, 0) is 37.1 Å². The van der Waals surface area contributed by atoms with Crippen molar-refractivity contribution < 1.29 is 5.11 Å². The highest BCUT2D eigenvalue weighted by atomic mass is 16.3. The Kier molecular flexibility index (Phi) is 4.10. The molecule has 0 fully saturated rings. The Balaban J connectivity index is 2.35. The molecule has 0 bridgehead atoms. The van der Waals surface area contributed by atoms with Crippen LogP contribution in [0.1, 0.15) is 30.5 Å². The summed E-state index contributed by atoms with van der Waals surface area (Å²) in [6, 6.07) is 16.2. The van der Waals surface area contributed by atoms with Crippen molar-refractivity contribution in [1.82, 2.24) is 0 Å². The SMILES string of the molecule is CCC(c1ccccc1O)N(C)c1cccc(C)c1. The molecule has 0 aliphatic rings. The standard InChI is InChI=1S/C17H21NO/c1-4-16(15-10-5-6-11-17(15)19)18(3)14-9-7-8-13(2)12-14/h5-12,16,19H,4H2,1-3H3. The molecule has 0 spiro atoms. The lowest BCUT2D eigenvalue weighted by Crippen LogP contribution is -2.23. The van der Waals surface area contributed by atoms with E-state index in [1.54, 1.807) is 6.07 Å². The van der Waals surface area contributed by atoms with Crippen LogP contribution < -0.4 is 4.90 Å². The Morgan fingerprint density at radius 2 is 1.84 bits per heavy atom. The lowest BCUT2D eigenvalue weighted by molar-refractivity contribution is 0.458. The average Bonchev–Trinajstić information content (AvgIpc) is 2.41. The van der Waals surface area contributed by atoms with E-state index in [-0.39, 0.29) is 6.04 Å². The van der Waals surface area contributed by atoms with E-state index in [2.05, 4.69) is 50.1 Å². The third-order valence-electron chi connectivity index (χ3n) is 3.56. The number of phenols is 1. The van der Waals surface area contributed by atoms with Gasteiger partial charge in [-0.1, -0.05) is 37.3 Å². The molecule has 2 aromatic carbocycles. The lowest BCUT2D eigenvalue weighted by Gasteiger charge is -2.30. The van der Waals surface area contributed by atoms with E-state index in [0.717, 1.165) is 12.0 Å².